The van der Waals surface area contributed by atoms with Crippen molar-refractivity contribution in [3.8, 4) is 5.75 Å². The molecule has 0 spiro atoms. The van der Waals surface area contributed by atoms with Crippen molar-refractivity contribution >= 4 is 44.8 Å². The largest absolute Gasteiger partial charge is 0.493 e. The molecule has 110 valence electrons. The Hall–Kier alpha value is -1.72. The fraction of sp³-hybridized carbons (Fsp3) is 0.133. The number of nitrogens with one attached hydrogen (secondary N) is 1. The Morgan fingerprint density at radius 2 is 1.95 bits per heavy atom. The minimum Gasteiger partial charge on any atom is -0.493 e. The van der Waals surface area contributed by atoms with Crippen LogP contribution in [0.1, 0.15) is 6.42 Å². The Balaban J connectivity index is 1.82. The Bertz CT molecular complexity index is 632. The zero-order valence-corrected chi connectivity index (χ0v) is 13.4. The van der Waals surface area contributed by atoms with Gasteiger partial charge in [0, 0.05) is 5.69 Å². The van der Waals surface area contributed by atoms with Crippen LogP contribution < -0.4 is 15.8 Å². The molecule has 0 aliphatic heterocycles. The van der Waals surface area contributed by atoms with Crippen molar-refractivity contribution in [1.29, 1.82) is 0 Å². The smallest absolute Gasteiger partial charge is 0.227 e. The molecule has 3 N–H and O–H groups in total. The number of benzene rings is 2. The lowest BCUT2D eigenvalue weighted by atomic mass is 10.3. The SMILES string of the molecule is Nc1ccc(OCCC(=O)Nc2cccc(Cl)c2Br)cc1. The maximum atomic E-state index is 11.8. The summed E-state index contributed by atoms with van der Waals surface area (Å²) in [6.07, 6.45) is 0.239. The van der Waals surface area contributed by atoms with E-state index in [4.69, 9.17) is 22.1 Å². The van der Waals surface area contributed by atoms with Gasteiger partial charge >= 0.3 is 0 Å². The van der Waals surface area contributed by atoms with Gasteiger partial charge in [-0.2, -0.15) is 0 Å². The summed E-state index contributed by atoms with van der Waals surface area (Å²) < 4.78 is 6.14. The standard InChI is InChI=1S/C15H14BrClN2O2/c16-15-12(17)2-1-3-13(15)19-14(20)8-9-21-11-6-4-10(18)5-7-11/h1-7H,8-9,18H2,(H,19,20). The molecule has 0 saturated heterocycles. The van der Waals surface area contributed by atoms with Gasteiger partial charge in [0.15, 0.2) is 0 Å². The highest BCUT2D eigenvalue weighted by atomic mass is 79.9. The van der Waals surface area contributed by atoms with Gasteiger partial charge in [-0.05, 0) is 52.3 Å². The molecule has 0 unspecified atom stereocenters. The molecular formula is C15H14BrClN2O2. The third-order valence-electron chi connectivity index (χ3n) is 2.70. The van der Waals surface area contributed by atoms with Crippen LogP contribution >= 0.6 is 27.5 Å². The number of hydrogen-bond acceptors (Lipinski definition) is 3. The molecule has 0 heterocycles. The number of carbonyl (C=O) groups is 1. The third-order valence-corrected chi connectivity index (χ3v) is 4.10. The lowest BCUT2D eigenvalue weighted by molar-refractivity contribution is -0.116. The Kier molecular flexibility index (Phi) is 5.47. The second-order valence-corrected chi connectivity index (χ2v) is 5.52. The summed E-state index contributed by atoms with van der Waals surface area (Å²) in [5.74, 6) is 0.536. The number of ether oxygens (including phenoxy) is 1. The first-order valence-corrected chi connectivity index (χ1v) is 7.45. The van der Waals surface area contributed by atoms with E-state index in [-0.39, 0.29) is 18.9 Å². The van der Waals surface area contributed by atoms with Crippen molar-refractivity contribution in [2.24, 2.45) is 0 Å². The van der Waals surface area contributed by atoms with Crippen molar-refractivity contribution in [3.63, 3.8) is 0 Å². The van der Waals surface area contributed by atoms with Crippen LogP contribution in [0, 0.1) is 0 Å². The number of hydrogen-bond donors (Lipinski definition) is 2. The molecule has 0 aliphatic carbocycles. The van der Waals surface area contributed by atoms with Crippen LogP contribution in [-0.4, -0.2) is 12.5 Å². The van der Waals surface area contributed by atoms with Crippen molar-refractivity contribution < 1.29 is 9.53 Å². The van der Waals surface area contributed by atoms with E-state index in [9.17, 15) is 4.79 Å². The zero-order valence-electron chi connectivity index (χ0n) is 11.1. The predicted octanol–water partition coefficient (Wildman–Crippen LogP) is 4.09. The number of anilines is 2. The van der Waals surface area contributed by atoms with Crippen molar-refractivity contribution in [3.05, 3.63) is 52.0 Å². The van der Waals surface area contributed by atoms with Crippen LogP contribution in [0.25, 0.3) is 0 Å². The van der Waals surface area contributed by atoms with E-state index in [1.165, 1.54) is 0 Å². The van der Waals surface area contributed by atoms with Crippen LogP contribution in [0.3, 0.4) is 0 Å². The van der Waals surface area contributed by atoms with Crippen molar-refractivity contribution in [1.82, 2.24) is 0 Å². The van der Waals surface area contributed by atoms with E-state index in [0.717, 1.165) is 0 Å². The number of rotatable bonds is 5. The lowest BCUT2D eigenvalue weighted by Crippen LogP contribution is -2.15. The monoisotopic (exact) mass is 368 g/mol. The van der Waals surface area contributed by atoms with E-state index in [2.05, 4.69) is 21.2 Å². The van der Waals surface area contributed by atoms with E-state index in [0.29, 0.717) is 26.6 Å². The maximum absolute atomic E-state index is 11.8. The molecule has 2 rings (SSSR count). The summed E-state index contributed by atoms with van der Waals surface area (Å²) in [5, 5.41) is 3.32. The van der Waals surface area contributed by atoms with Crippen LogP contribution in [0.15, 0.2) is 46.9 Å². The number of amides is 1. The van der Waals surface area contributed by atoms with Gasteiger partial charge in [-0.1, -0.05) is 17.7 Å². The van der Waals surface area contributed by atoms with Crippen molar-refractivity contribution in [2.45, 2.75) is 6.42 Å². The molecular weight excluding hydrogens is 356 g/mol. The average molecular weight is 370 g/mol. The zero-order chi connectivity index (χ0) is 15.2. The van der Waals surface area contributed by atoms with Gasteiger partial charge in [-0.3, -0.25) is 4.79 Å². The quantitative estimate of drug-likeness (QED) is 0.780. The minimum atomic E-state index is -0.145. The van der Waals surface area contributed by atoms with Crippen LogP contribution in [-0.2, 0) is 4.79 Å². The van der Waals surface area contributed by atoms with Gasteiger partial charge in [-0.25, -0.2) is 0 Å². The topological polar surface area (TPSA) is 64.3 Å². The molecule has 21 heavy (non-hydrogen) atoms. The second-order valence-electron chi connectivity index (χ2n) is 4.32. The highest BCUT2D eigenvalue weighted by molar-refractivity contribution is 9.10. The predicted molar refractivity (Wildman–Crippen MR) is 88.7 cm³/mol. The van der Waals surface area contributed by atoms with Gasteiger partial charge < -0.3 is 15.8 Å². The number of halogens is 2. The van der Waals surface area contributed by atoms with Gasteiger partial charge in [0.25, 0.3) is 0 Å². The summed E-state index contributed by atoms with van der Waals surface area (Å²) in [6, 6.07) is 12.3. The summed E-state index contributed by atoms with van der Waals surface area (Å²) in [5.41, 5.74) is 6.89. The lowest BCUT2D eigenvalue weighted by Gasteiger charge is -2.09. The highest BCUT2D eigenvalue weighted by Crippen LogP contribution is 2.30. The molecule has 2 aromatic rings. The van der Waals surface area contributed by atoms with E-state index in [1.807, 2.05) is 0 Å². The van der Waals surface area contributed by atoms with Crippen LogP contribution in [0.2, 0.25) is 5.02 Å². The number of nitrogen functional groups attached to an aromatic ring is 1. The highest BCUT2D eigenvalue weighted by Gasteiger charge is 2.08. The number of carbonyl (C=O) groups excluding carboxylic acids is 1. The molecule has 0 atom stereocenters. The maximum Gasteiger partial charge on any atom is 0.227 e. The van der Waals surface area contributed by atoms with E-state index < -0.39 is 0 Å². The summed E-state index contributed by atoms with van der Waals surface area (Å²) in [7, 11) is 0. The molecule has 0 radical (unpaired) electrons. The molecule has 0 bridgehead atoms. The first-order chi connectivity index (χ1) is 10.1. The summed E-state index contributed by atoms with van der Waals surface area (Å²) in [4.78, 5) is 11.8. The summed E-state index contributed by atoms with van der Waals surface area (Å²) in [6.45, 7) is 0.286. The molecule has 0 saturated carbocycles. The normalized spacial score (nSPS) is 10.2. The molecule has 0 aliphatic rings. The molecule has 2 aromatic carbocycles. The Morgan fingerprint density at radius 1 is 1.24 bits per heavy atom. The Morgan fingerprint density at radius 3 is 2.67 bits per heavy atom. The average Bonchev–Trinajstić information content (AvgIpc) is 2.46. The van der Waals surface area contributed by atoms with Crippen LogP contribution in [0.5, 0.6) is 5.75 Å². The third kappa shape index (κ3) is 4.65. The van der Waals surface area contributed by atoms with E-state index >= 15 is 0 Å². The summed E-state index contributed by atoms with van der Waals surface area (Å²) >= 11 is 9.29. The second kappa shape index (κ2) is 7.33. The van der Waals surface area contributed by atoms with Crippen LogP contribution in [0.4, 0.5) is 11.4 Å². The van der Waals surface area contributed by atoms with Gasteiger partial charge in [-0.15, -0.1) is 0 Å². The Labute approximate surface area is 136 Å². The molecule has 4 nitrogen and oxygen atoms in total. The van der Waals surface area contributed by atoms with Gasteiger partial charge in [0.2, 0.25) is 5.91 Å². The minimum absolute atomic E-state index is 0.145. The molecule has 0 fully saturated rings. The van der Waals surface area contributed by atoms with Gasteiger partial charge in [0.05, 0.1) is 28.2 Å². The molecule has 0 aromatic heterocycles. The first kappa shape index (κ1) is 15.7. The fourth-order valence-electron chi connectivity index (χ4n) is 1.64. The van der Waals surface area contributed by atoms with Crippen molar-refractivity contribution in [2.75, 3.05) is 17.7 Å². The van der Waals surface area contributed by atoms with Gasteiger partial charge in [0.1, 0.15) is 5.75 Å². The van der Waals surface area contributed by atoms with E-state index in [1.54, 1.807) is 42.5 Å². The molecule has 6 heteroatoms. The number of nitrogens with two attached hydrogens (primary N) is 1. The fourth-order valence-corrected chi connectivity index (χ4v) is 2.18. The molecule has 1 amide bonds. The first-order valence-electron chi connectivity index (χ1n) is 6.28.